The van der Waals surface area contributed by atoms with Gasteiger partial charge in [0.05, 0.1) is 25.9 Å². The number of nitrogens with one attached hydrogen (secondary N) is 1. The number of ether oxygens (including phenoxy) is 3. The van der Waals surface area contributed by atoms with Crippen molar-refractivity contribution in [3.8, 4) is 0 Å². The van der Waals surface area contributed by atoms with Crippen molar-refractivity contribution < 1.29 is 33.3 Å². The minimum Gasteiger partial charge on any atom is -0.466 e. The van der Waals surface area contributed by atoms with Crippen LogP contribution in [0.25, 0.3) is 0 Å². The third-order valence-corrected chi connectivity index (χ3v) is 6.48. The molecule has 2 N–H and O–H groups in total. The average Bonchev–Trinajstić information content (AvgIpc) is 3.34. The van der Waals surface area contributed by atoms with Gasteiger partial charge in [-0.2, -0.15) is 0 Å². The molecule has 0 amide bonds. The molecule has 180 valence electrons. The second kappa shape index (κ2) is 10.6. The van der Waals surface area contributed by atoms with Crippen molar-refractivity contribution in [1.82, 2.24) is 15.2 Å². The lowest BCUT2D eigenvalue weighted by Crippen LogP contribution is -2.50. The van der Waals surface area contributed by atoms with Gasteiger partial charge in [-0.05, 0) is 12.1 Å². The molecule has 0 aliphatic carbocycles. The fourth-order valence-corrected chi connectivity index (χ4v) is 4.61. The molecule has 13 heteroatoms. The number of carboxylic acid groups (broad SMARTS) is 1. The Bertz CT molecular complexity index is 1140. The number of thiazole rings is 1. The molecule has 3 heterocycles. The summed E-state index contributed by atoms with van der Waals surface area (Å²) in [5.74, 6) is -0.891. The number of carbonyl (C=O) groups excluding carboxylic acids is 1. The Hall–Kier alpha value is -2.87. The largest absolute Gasteiger partial charge is 0.507 e. The van der Waals surface area contributed by atoms with Crippen molar-refractivity contribution >= 4 is 45.2 Å². The van der Waals surface area contributed by atoms with E-state index in [-0.39, 0.29) is 24.3 Å². The highest BCUT2D eigenvalue weighted by atomic mass is 79.9. The van der Waals surface area contributed by atoms with E-state index in [0.717, 1.165) is 0 Å². The lowest BCUT2D eigenvalue weighted by Gasteiger charge is -2.36. The molecular formula is C21H20BrFN4O6S. The maximum atomic E-state index is 15.0. The fourth-order valence-electron chi connectivity index (χ4n) is 3.69. The Balaban J connectivity index is 1.80. The average molecular weight is 555 g/mol. The molecule has 34 heavy (non-hydrogen) atoms. The first-order valence-corrected chi connectivity index (χ1v) is 11.8. The van der Waals surface area contributed by atoms with Crippen LogP contribution >= 0.6 is 27.3 Å². The van der Waals surface area contributed by atoms with E-state index in [9.17, 15) is 9.59 Å². The van der Waals surface area contributed by atoms with Gasteiger partial charge in [0.2, 0.25) is 0 Å². The van der Waals surface area contributed by atoms with Crippen LogP contribution < -0.4 is 5.32 Å². The maximum Gasteiger partial charge on any atom is 0.507 e. The highest BCUT2D eigenvalue weighted by molar-refractivity contribution is 9.10. The molecule has 1 aromatic heterocycles. The number of hydrogen-bond donors (Lipinski definition) is 2. The zero-order valence-electron chi connectivity index (χ0n) is 17.9. The number of nitrogens with zero attached hydrogens (tertiary/aromatic N) is 3. The van der Waals surface area contributed by atoms with Gasteiger partial charge in [-0.1, -0.05) is 22.0 Å². The first-order chi connectivity index (χ1) is 16.4. The number of benzene rings is 1. The van der Waals surface area contributed by atoms with Crippen LogP contribution in [0, 0.1) is 5.82 Å². The van der Waals surface area contributed by atoms with Gasteiger partial charge in [0.1, 0.15) is 11.9 Å². The third-order valence-electron chi connectivity index (χ3n) is 5.21. The molecule has 0 unspecified atom stereocenters. The maximum absolute atomic E-state index is 15.0. The zero-order chi connectivity index (χ0) is 24.2. The van der Waals surface area contributed by atoms with E-state index in [1.807, 2.05) is 0 Å². The van der Waals surface area contributed by atoms with Crippen LogP contribution in [-0.4, -0.2) is 72.6 Å². The van der Waals surface area contributed by atoms with E-state index in [1.165, 1.54) is 24.5 Å². The van der Waals surface area contributed by atoms with Crippen molar-refractivity contribution in [2.75, 3.05) is 33.4 Å². The van der Waals surface area contributed by atoms with Crippen LogP contribution in [0.15, 0.2) is 50.5 Å². The molecule has 2 aliphatic rings. The smallest absolute Gasteiger partial charge is 0.466 e. The summed E-state index contributed by atoms with van der Waals surface area (Å²) in [6.45, 7) is 0.799. The van der Waals surface area contributed by atoms with Gasteiger partial charge in [0, 0.05) is 40.4 Å². The predicted molar refractivity (Wildman–Crippen MR) is 123 cm³/mol. The number of halogens is 2. The summed E-state index contributed by atoms with van der Waals surface area (Å²) in [5.41, 5.74) is 0.654. The standard InChI is InChI=1S/C21H20BrFN4O6S/c1-31-20(28)16-14(9-27-5-6-32-10-15(27)33-21(29)30)25-18(19-24-4-7-34-19)26-17(16)12-3-2-11(22)8-13(12)23/h2-4,7-8,15,17H,5-6,9-10H2,1H3,(H,25,26)(H,29,30)/t15-,17-/m0/s1. The molecule has 0 spiro atoms. The number of aromatic nitrogens is 1. The van der Waals surface area contributed by atoms with E-state index in [4.69, 9.17) is 19.3 Å². The summed E-state index contributed by atoms with van der Waals surface area (Å²) >= 11 is 4.57. The molecule has 0 saturated carbocycles. The minimum atomic E-state index is -1.45. The van der Waals surface area contributed by atoms with Crippen molar-refractivity contribution in [3.05, 3.63) is 61.9 Å². The van der Waals surface area contributed by atoms with Gasteiger partial charge >= 0.3 is 12.1 Å². The van der Waals surface area contributed by atoms with Crippen LogP contribution in [0.2, 0.25) is 0 Å². The Morgan fingerprint density at radius 1 is 1.44 bits per heavy atom. The zero-order valence-corrected chi connectivity index (χ0v) is 20.3. The topological polar surface area (TPSA) is 123 Å². The lowest BCUT2D eigenvalue weighted by molar-refractivity contribution is -0.136. The normalized spacial score (nSPS) is 21.0. The van der Waals surface area contributed by atoms with Crippen LogP contribution in [0.3, 0.4) is 0 Å². The van der Waals surface area contributed by atoms with Gasteiger partial charge < -0.3 is 24.6 Å². The number of esters is 1. The van der Waals surface area contributed by atoms with Gasteiger partial charge in [-0.25, -0.2) is 19.0 Å². The highest BCUT2D eigenvalue weighted by Gasteiger charge is 2.36. The highest BCUT2D eigenvalue weighted by Crippen LogP contribution is 2.35. The summed E-state index contributed by atoms with van der Waals surface area (Å²) in [6, 6.07) is 3.48. The number of methoxy groups -OCH3 is 1. The van der Waals surface area contributed by atoms with E-state index < -0.39 is 30.2 Å². The molecule has 2 aliphatic heterocycles. The molecule has 1 fully saturated rings. The number of hydrogen-bond acceptors (Lipinski definition) is 10. The first kappa shape index (κ1) is 24.3. The van der Waals surface area contributed by atoms with E-state index in [0.29, 0.717) is 34.2 Å². The van der Waals surface area contributed by atoms with Gasteiger partial charge in [-0.15, -0.1) is 11.3 Å². The number of amidine groups is 1. The van der Waals surface area contributed by atoms with E-state index in [1.54, 1.807) is 28.6 Å². The van der Waals surface area contributed by atoms with Gasteiger partial charge in [0.25, 0.3) is 0 Å². The van der Waals surface area contributed by atoms with Crippen LogP contribution in [-0.2, 0) is 19.0 Å². The molecule has 1 saturated heterocycles. The van der Waals surface area contributed by atoms with Crippen molar-refractivity contribution in [2.45, 2.75) is 12.3 Å². The SMILES string of the molecule is COC(=O)C1=C(CN2CCOC[C@@H]2OC(=O)O)NC(c2nccs2)=N[C@H]1c1ccc(Br)cc1F. The molecule has 2 atom stereocenters. The van der Waals surface area contributed by atoms with Crippen LogP contribution in [0.1, 0.15) is 16.6 Å². The molecule has 1 aromatic carbocycles. The Labute approximate surface area is 206 Å². The second-order valence-electron chi connectivity index (χ2n) is 7.28. The lowest BCUT2D eigenvalue weighted by atomic mass is 9.95. The Morgan fingerprint density at radius 3 is 2.94 bits per heavy atom. The number of morpholine rings is 1. The van der Waals surface area contributed by atoms with Crippen molar-refractivity contribution in [3.63, 3.8) is 0 Å². The summed E-state index contributed by atoms with van der Waals surface area (Å²) in [6.07, 6.45) is -0.722. The molecular weight excluding hydrogens is 535 g/mol. The van der Waals surface area contributed by atoms with Gasteiger partial charge in [-0.3, -0.25) is 9.89 Å². The summed E-state index contributed by atoms with van der Waals surface area (Å²) in [7, 11) is 1.23. The second-order valence-corrected chi connectivity index (χ2v) is 9.09. The van der Waals surface area contributed by atoms with Crippen LogP contribution in [0.5, 0.6) is 0 Å². The van der Waals surface area contributed by atoms with Crippen molar-refractivity contribution in [2.24, 2.45) is 4.99 Å². The number of aliphatic imine (C=N–C) groups is 1. The third kappa shape index (κ3) is 5.27. The monoisotopic (exact) mass is 554 g/mol. The number of rotatable bonds is 6. The van der Waals surface area contributed by atoms with Crippen molar-refractivity contribution in [1.29, 1.82) is 0 Å². The predicted octanol–water partition coefficient (Wildman–Crippen LogP) is 2.92. The summed E-state index contributed by atoms with van der Waals surface area (Å²) in [4.78, 5) is 34.7. The first-order valence-electron chi connectivity index (χ1n) is 10.1. The number of carbonyl (C=O) groups is 2. The molecule has 0 radical (unpaired) electrons. The molecule has 0 bridgehead atoms. The summed E-state index contributed by atoms with van der Waals surface area (Å²) < 4.78 is 30.9. The van der Waals surface area contributed by atoms with Gasteiger partial charge in [0.15, 0.2) is 17.1 Å². The molecule has 10 nitrogen and oxygen atoms in total. The van der Waals surface area contributed by atoms with Crippen LogP contribution in [0.4, 0.5) is 9.18 Å². The molecule has 2 aromatic rings. The minimum absolute atomic E-state index is 0.0331. The Kier molecular flexibility index (Phi) is 7.56. The fraction of sp³-hybridized carbons (Fsp3) is 0.333. The Morgan fingerprint density at radius 2 is 2.26 bits per heavy atom. The van der Waals surface area contributed by atoms with E-state index in [2.05, 4.69) is 31.2 Å². The molecule has 4 rings (SSSR count). The quantitative estimate of drug-likeness (QED) is 0.518. The van der Waals surface area contributed by atoms with E-state index >= 15 is 4.39 Å². The summed E-state index contributed by atoms with van der Waals surface area (Å²) in [5, 5.41) is 14.5.